The van der Waals surface area contributed by atoms with E-state index in [9.17, 15) is 9.59 Å². The quantitative estimate of drug-likeness (QED) is 0.635. The number of hydrogen-bond donors (Lipinski definition) is 1. The molecule has 0 spiro atoms. The zero-order valence-electron chi connectivity index (χ0n) is 16.0. The summed E-state index contributed by atoms with van der Waals surface area (Å²) in [5, 5.41) is 2.85. The van der Waals surface area contributed by atoms with Crippen molar-refractivity contribution in [1.29, 1.82) is 0 Å². The summed E-state index contributed by atoms with van der Waals surface area (Å²) in [6, 6.07) is 10.9. The number of rotatable bonds is 4. The van der Waals surface area contributed by atoms with Crippen molar-refractivity contribution < 1.29 is 9.59 Å². The fourth-order valence-electron chi connectivity index (χ4n) is 3.19. The number of amides is 2. The van der Waals surface area contributed by atoms with E-state index in [0.717, 1.165) is 10.3 Å². The maximum absolute atomic E-state index is 12.5. The molecular weight excluding hydrogens is 448 g/mol. The Morgan fingerprint density at radius 2 is 1.80 bits per heavy atom. The van der Waals surface area contributed by atoms with Gasteiger partial charge in [-0.1, -0.05) is 22.0 Å². The van der Waals surface area contributed by atoms with Gasteiger partial charge in [-0.05, 0) is 30.3 Å². The second-order valence-electron chi connectivity index (χ2n) is 6.74. The molecule has 1 fully saturated rings. The summed E-state index contributed by atoms with van der Waals surface area (Å²) in [5.74, 6) is 0.505. The number of benzene rings is 1. The number of pyridine rings is 1. The first-order chi connectivity index (χ1) is 14.6. The number of piperazine rings is 1. The number of halogens is 1. The molecule has 1 aliphatic rings. The molecule has 1 aromatic carbocycles. The Balaban J connectivity index is 1.34. The maximum Gasteiger partial charge on any atom is 0.274 e. The third kappa shape index (κ3) is 4.62. The minimum atomic E-state index is -0.193. The first-order valence-corrected chi connectivity index (χ1v) is 10.2. The molecule has 9 heteroatoms. The summed E-state index contributed by atoms with van der Waals surface area (Å²) in [5.41, 5.74) is 1.55. The smallest absolute Gasteiger partial charge is 0.274 e. The Morgan fingerprint density at radius 1 is 0.967 bits per heavy atom. The van der Waals surface area contributed by atoms with Gasteiger partial charge in [0.05, 0.1) is 18.1 Å². The zero-order chi connectivity index (χ0) is 20.9. The number of carbonyl (C=O) groups is 2. The highest BCUT2D eigenvalue weighted by atomic mass is 79.9. The molecule has 4 rings (SSSR count). The van der Waals surface area contributed by atoms with E-state index in [2.05, 4.69) is 41.1 Å². The summed E-state index contributed by atoms with van der Waals surface area (Å²) in [7, 11) is 0. The monoisotopic (exact) mass is 466 g/mol. The average molecular weight is 467 g/mol. The summed E-state index contributed by atoms with van der Waals surface area (Å²) in [6.45, 7) is 2.50. The van der Waals surface area contributed by atoms with Crippen molar-refractivity contribution >= 4 is 39.2 Å². The summed E-state index contributed by atoms with van der Waals surface area (Å²) >= 11 is 3.37. The first kappa shape index (κ1) is 20.0. The largest absolute Gasteiger partial charge is 0.353 e. The highest BCUT2D eigenvalue weighted by Gasteiger charge is 2.23. The third-order valence-corrected chi connectivity index (χ3v) is 5.26. The molecule has 1 aliphatic heterocycles. The van der Waals surface area contributed by atoms with Crippen LogP contribution in [0.25, 0.3) is 0 Å². The standard InChI is InChI=1S/C21H19BrN6O2/c22-16-3-1-2-15(12-16)20(29)26-17-4-5-19(25-13-17)27-8-10-28(11-9-27)21(30)18-14-23-6-7-24-18/h1-7,12-14H,8-11H2,(H,26,29). The van der Waals surface area contributed by atoms with E-state index in [4.69, 9.17) is 0 Å². The van der Waals surface area contributed by atoms with E-state index in [1.54, 1.807) is 29.4 Å². The van der Waals surface area contributed by atoms with Crippen LogP contribution in [0.2, 0.25) is 0 Å². The van der Waals surface area contributed by atoms with Gasteiger partial charge in [-0.25, -0.2) is 9.97 Å². The van der Waals surface area contributed by atoms with Crippen LogP contribution in [-0.4, -0.2) is 57.8 Å². The number of carbonyl (C=O) groups excluding carboxylic acids is 2. The van der Waals surface area contributed by atoms with Gasteiger partial charge < -0.3 is 15.1 Å². The number of aromatic nitrogens is 3. The van der Waals surface area contributed by atoms with Crippen LogP contribution in [0.3, 0.4) is 0 Å². The van der Waals surface area contributed by atoms with Crippen LogP contribution >= 0.6 is 15.9 Å². The SMILES string of the molecule is O=C(Nc1ccc(N2CCN(C(=O)c3cnccn3)CC2)nc1)c1cccc(Br)c1. The third-order valence-electron chi connectivity index (χ3n) is 4.77. The average Bonchev–Trinajstić information content (AvgIpc) is 2.80. The van der Waals surface area contributed by atoms with Crippen LogP contribution in [0.5, 0.6) is 0 Å². The molecule has 2 aromatic heterocycles. The minimum absolute atomic E-state index is 0.110. The van der Waals surface area contributed by atoms with Gasteiger partial charge in [0.2, 0.25) is 0 Å². The van der Waals surface area contributed by atoms with Gasteiger partial charge in [-0.2, -0.15) is 0 Å². The van der Waals surface area contributed by atoms with Crippen LogP contribution < -0.4 is 10.2 Å². The van der Waals surface area contributed by atoms with Crippen LogP contribution in [0.1, 0.15) is 20.8 Å². The Labute approximate surface area is 182 Å². The maximum atomic E-state index is 12.5. The number of nitrogens with zero attached hydrogens (tertiary/aromatic N) is 5. The van der Waals surface area contributed by atoms with Crippen LogP contribution in [0.15, 0.2) is 65.7 Å². The summed E-state index contributed by atoms with van der Waals surface area (Å²) in [4.78, 5) is 41.2. The lowest BCUT2D eigenvalue weighted by Crippen LogP contribution is -2.49. The molecule has 1 saturated heterocycles. The van der Waals surface area contributed by atoms with E-state index >= 15 is 0 Å². The molecular formula is C21H19BrN6O2. The molecule has 0 saturated carbocycles. The van der Waals surface area contributed by atoms with Gasteiger partial charge in [0.25, 0.3) is 11.8 Å². The van der Waals surface area contributed by atoms with Gasteiger partial charge in [-0.3, -0.25) is 14.6 Å². The highest BCUT2D eigenvalue weighted by Crippen LogP contribution is 2.18. The Morgan fingerprint density at radius 3 is 2.47 bits per heavy atom. The van der Waals surface area contributed by atoms with E-state index in [1.165, 1.54) is 12.4 Å². The molecule has 8 nitrogen and oxygen atoms in total. The first-order valence-electron chi connectivity index (χ1n) is 9.43. The van der Waals surface area contributed by atoms with Crippen molar-refractivity contribution in [1.82, 2.24) is 19.9 Å². The van der Waals surface area contributed by atoms with Crippen molar-refractivity contribution in [2.75, 3.05) is 36.4 Å². The second-order valence-corrected chi connectivity index (χ2v) is 7.66. The van der Waals surface area contributed by atoms with Crippen LogP contribution in [-0.2, 0) is 0 Å². The van der Waals surface area contributed by atoms with Gasteiger partial charge in [0.1, 0.15) is 11.5 Å². The van der Waals surface area contributed by atoms with Gasteiger partial charge in [-0.15, -0.1) is 0 Å². The van der Waals surface area contributed by atoms with Crippen molar-refractivity contribution in [2.45, 2.75) is 0 Å². The number of anilines is 2. The number of nitrogens with one attached hydrogen (secondary N) is 1. The molecule has 0 aliphatic carbocycles. The molecule has 0 radical (unpaired) electrons. The molecule has 0 atom stereocenters. The van der Waals surface area contributed by atoms with Crippen molar-refractivity contribution in [3.63, 3.8) is 0 Å². The molecule has 0 unspecified atom stereocenters. The molecule has 2 amide bonds. The minimum Gasteiger partial charge on any atom is -0.353 e. The van der Waals surface area contributed by atoms with Crippen molar-refractivity contribution in [3.05, 3.63) is 76.9 Å². The normalized spacial score (nSPS) is 13.8. The van der Waals surface area contributed by atoms with Gasteiger partial charge in [0.15, 0.2) is 0 Å². The Kier molecular flexibility index (Phi) is 5.99. The molecule has 0 bridgehead atoms. The fraction of sp³-hybridized carbons (Fsp3) is 0.190. The van der Waals surface area contributed by atoms with Crippen LogP contribution in [0.4, 0.5) is 11.5 Å². The molecule has 3 aromatic rings. The van der Waals surface area contributed by atoms with Crippen molar-refractivity contribution in [2.24, 2.45) is 0 Å². The molecule has 1 N–H and O–H groups in total. The Hall–Kier alpha value is -3.33. The van der Waals surface area contributed by atoms with Gasteiger partial charge >= 0.3 is 0 Å². The topological polar surface area (TPSA) is 91.3 Å². The van der Waals surface area contributed by atoms with Crippen molar-refractivity contribution in [3.8, 4) is 0 Å². The summed E-state index contributed by atoms with van der Waals surface area (Å²) < 4.78 is 0.848. The lowest BCUT2D eigenvalue weighted by molar-refractivity contribution is 0.0740. The summed E-state index contributed by atoms with van der Waals surface area (Å²) in [6.07, 6.45) is 6.19. The predicted octanol–water partition coefficient (Wildman–Crippen LogP) is 2.85. The van der Waals surface area contributed by atoms with Crippen LogP contribution in [0, 0.1) is 0 Å². The zero-order valence-corrected chi connectivity index (χ0v) is 17.6. The van der Waals surface area contributed by atoms with E-state index in [-0.39, 0.29) is 11.8 Å². The predicted molar refractivity (Wildman–Crippen MR) is 116 cm³/mol. The second kappa shape index (κ2) is 9.00. The number of hydrogen-bond acceptors (Lipinski definition) is 6. The fourth-order valence-corrected chi connectivity index (χ4v) is 3.59. The van der Waals surface area contributed by atoms with E-state index < -0.39 is 0 Å². The molecule has 152 valence electrons. The van der Waals surface area contributed by atoms with E-state index in [1.807, 2.05) is 24.3 Å². The lowest BCUT2D eigenvalue weighted by atomic mass is 10.2. The lowest BCUT2D eigenvalue weighted by Gasteiger charge is -2.35. The molecule has 30 heavy (non-hydrogen) atoms. The Bertz CT molecular complexity index is 1040. The molecule has 3 heterocycles. The highest BCUT2D eigenvalue weighted by molar-refractivity contribution is 9.10. The van der Waals surface area contributed by atoms with E-state index in [0.29, 0.717) is 43.1 Å². The van der Waals surface area contributed by atoms with Gasteiger partial charge in [0, 0.05) is 48.6 Å².